The maximum atomic E-state index is 6.27. The van der Waals surface area contributed by atoms with Crippen molar-refractivity contribution in [2.24, 2.45) is 0 Å². The summed E-state index contributed by atoms with van der Waals surface area (Å²) >= 11 is 12.5. The van der Waals surface area contributed by atoms with Crippen LogP contribution in [0.4, 0.5) is 11.4 Å². The Labute approximate surface area is 122 Å². The van der Waals surface area contributed by atoms with Crippen molar-refractivity contribution in [3.63, 3.8) is 0 Å². The number of anilines is 2. The van der Waals surface area contributed by atoms with Gasteiger partial charge in [0.15, 0.2) is 0 Å². The van der Waals surface area contributed by atoms with Crippen molar-refractivity contribution < 1.29 is 4.74 Å². The highest BCUT2D eigenvalue weighted by atomic mass is 35.5. The third kappa shape index (κ3) is 2.77. The van der Waals surface area contributed by atoms with Crippen LogP contribution in [-0.4, -0.2) is 12.1 Å². The van der Waals surface area contributed by atoms with Crippen molar-refractivity contribution in [3.8, 4) is 5.75 Å². The fourth-order valence-electron chi connectivity index (χ4n) is 1.80. The second kappa shape index (κ2) is 5.68. The van der Waals surface area contributed by atoms with Crippen LogP contribution < -0.4 is 10.1 Å². The number of para-hydroxylation sites is 2. The molecule has 1 aromatic carbocycles. The first kappa shape index (κ1) is 14.0. The van der Waals surface area contributed by atoms with Gasteiger partial charge in [0.2, 0.25) is 0 Å². The molecule has 0 atom stereocenters. The molecule has 0 saturated heterocycles. The van der Waals surface area contributed by atoms with Gasteiger partial charge in [-0.25, -0.2) is 0 Å². The lowest BCUT2D eigenvalue weighted by molar-refractivity contribution is 0.417. The van der Waals surface area contributed by atoms with Crippen LogP contribution >= 0.6 is 23.2 Å². The van der Waals surface area contributed by atoms with Crippen LogP contribution in [0, 0.1) is 13.8 Å². The van der Waals surface area contributed by atoms with Gasteiger partial charge in [0, 0.05) is 0 Å². The van der Waals surface area contributed by atoms with Gasteiger partial charge in [0.1, 0.15) is 5.75 Å². The SMILES string of the molecule is COc1ccccc1Nc1c(Cl)c(C)nc(C)c1Cl. The molecule has 2 rings (SSSR count). The number of nitrogens with zero attached hydrogens (tertiary/aromatic N) is 1. The monoisotopic (exact) mass is 296 g/mol. The van der Waals surface area contributed by atoms with Crippen molar-refractivity contribution >= 4 is 34.6 Å². The number of aryl methyl sites for hydroxylation is 2. The van der Waals surface area contributed by atoms with Crippen molar-refractivity contribution in [1.29, 1.82) is 0 Å². The third-order valence-electron chi connectivity index (χ3n) is 2.78. The molecule has 19 heavy (non-hydrogen) atoms. The van der Waals surface area contributed by atoms with Crippen LogP contribution in [0.15, 0.2) is 24.3 Å². The normalized spacial score (nSPS) is 10.4. The molecule has 1 N–H and O–H groups in total. The number of methoxy groups -OCH3 is 1. The van der Waals surface area contributed by atoms with E-state index >= 15 is 0 Å². The van der Waals surface area contributed by atoms with Crippen molar-refractivity contribution in [1.82, 2.24) is 4.98 Å². The van der Waals surface area contributed by atoms with E-state index in [9.17, 15) is 0 Å². The Hall–Kier alpha value is -1.45. The smallest absolute Gasteiger partial charge is 0.142 e. The molecule has 0 unspecified atom stereocenters. The zero-order chi connectivity index (χ0) is 14.0. The maximum absolute atomic E-state index is 6.27. The van der Waals surface area contributed by atoms with Crippen LogP contribution in [0.5, 0.6) is 5.75 Å². The summed E-state index contributed by atoms with van der Waals surface area (Å²) in [6.45, 7) is 3.69. The van der Waals surface area contributed by atoms with E-state index in [0.717, 1.165) is 22.8 Å². The Morgan fingerprint density at radius 3 is 2.21 bits per heavy atom. The predicted molar refractivity (Wildman–Crippen MR) is 80.0 cm³/mol. The first-order valence-electron chi connectivity index (χ1n) is 5.76. The lowest BCUT2D eigenvalue weighted by Crippen LogP contribution is -2.00. The summed E-state index contributed by atoms with van der Waals surface area (Å²) in [6.07, 6.45) is 0. The van der Waals surface area contributed by atoms with Gasteiger partial charge in [0.05, 0.1) is 39.9 Å². The Bertz CT molecular complexity index is 588. The Kier molecular flexibility index (Phi) is 4.17. The number of nitrogens with one attached hydrogen (secondary N) is 1. The molecular weight excluding hydrogens is 283 g/mol. The number of benzene rings is 1. The van der Waals surface area contributed by atoms with E-state index in [0.29, 0.717) is 15.7 Å². The highest BCUT2D eigenvalue weighted by molar-refractivity contribution is 6.39. The molecule has 0 radical (unpaired) electrons. The number of aromatic nitrogens is 1. The minimum Gasteiger partial charge on any atom is -0.495 e. The molecule has 100 valence electrons. The van der Waals surface area contributed by atoms with E-state index in [1.165, 1.54) is 0 Å². The van der Waals surface area contributed by atoms with Crippen molar-refractivity contribution in [2.45, 2.75) is 13.8 Å². The van der Waals surface area contributed by atoms with E-state index in [1.807, 2.05) is 38.1 Å². The Morgan fingerprint density at radius 2 is 1.63 bits per heavy atom. The quantitative estimate of drug-likeness (QED) is 0.887. The first-order chi connectivity index (χ1) is 9.04. The summed E-state index contributed by atoms with van der Waals surface area (Å²) in [6, 6.07) is 7.57. The molecule has 5 heteroatoms. The zero-order valence-electron chi connectivity index (χ0n) is 10.9. The fraction of sp³-hybridized carbons (Fsp3) is 0.214. The molecular formula is C14H14Cl2N2O. The lowest BCUT2D eigenvalue weighted by atomic mass is 10.2. The number of rotatable bonds is 3. The number of hydrogen-bond donors (Lipinski definition) is 1. The summed E-state index contributed by atoms with van der Waals surface area (Å²) in [5, 5.41) is 4.24. The molecule has 0 saturated carbocycles. The number of halogens is 2. The van der Waals surface area contributed by atoms with Gasteiger partial charge >= 0.3 is 0 Å². The van der Waals surface area contributed by atoms with Crippen LogP contribution in [0.3, 0.4) is 0 Å². The summed E-state index contributed by atoms with van der Waals surface area (Å²) < 4.78 is 5.29. The van der Waals surface area contributed by atoms with Crippen LogP contribution in [0.2, 0.25) is 10.0 Å². The van der Waals surface area contributed by atoms with Gasteiger partial charge in [-0.3, -0.25) is 4.98 Å². The zero-order valence-corrected chi connectivity index (χ0v) is 12.4. The molecule has 2 aromatic rings. The molecule has 0 aliphatic carbocycles. The number of ether oxygens (including phenoxy) is 1. The third-order valence-corrected chi connectivity index (χ3v) is 3.70. The largest absolute Gasteiger partial charge is 0.495 e. The van der Waals surface area contributed by atoms with E-state index < -0.39 is 0 Å². The molecule has 0 bridgehead atoms. The predicted octanol–water partition coefficient (Wildman–Crippen LogP) is 4.76. The molecule has 1 heterocycles. The lowest BCUT2D eigenvalue weighted by Gasteiger charge is -2.15. The molecule has 0 aliphatic heterocycles. The summed E-state index contributed by atoms with van der Waals surface area (Å²) in [5.74, 6) is 0.724. The summed E-state index contributed by atoms with van der Waals surface area (Å²) in [5.41, 5.74) is 2.93. The van der Waals surface area contributed by atoms with E-state index in [4.69, 9.17) is 27.9 Å². The van der Waals surface area contributed by atoms with Gasteiger partial charge in [-0.2, -0.15) is 0 Å². The molecule has 1 aromatic heterocycles. The molecule has 0 amide bonds. The first-order valence-corrected chi connectivity index (χ1v) is 6.52. The molecule has 0 aliphatic rings. The van der Waals surface area contributed by atoms with Gasteiger partial charge in [-0.1, -0.05) is 35.3 Å². The Balaban J connectivity index is 2.49. The average Bonchev–Trinajstić information content (AvgIpc) is 2.42. The molecule has 3 nitrogen and oxygen atoms in total. The van der Waals surface area contributed by atoms with Crippen LogP contribution in [0.1, 0.15) is 11.4 Å². The maximum Gasteiger partial charge on any atom is 0.142 e. The highest BCUT2D eigenvalue weighted by Crippen LogP contribution is 2.38. The average molecular weight is 297 g/mol. The minimum atomic E-state index is 0.515. The fourth-order valence-corrected chi connectivity index (χ4v) is 2.22. The van der Waals surface area contributed by atoms with E-state index in [1.54, 1.807) is 7.11 Å². The number of hydrogen-bond acceptors (Lipinski definition) is 3. The van der Waals surface area contributed by atoms with Crippen LogP contribution in [-0.2, 0) is 0 Å². The molecule has 0 fully saturated rings. The summed E-state index contributed by atoms with van der Waals surface area (Å²) in [4.78, 5) is 4.28. The Morgan fingerprint density at radius 1 is 1.05 bits per heavy atom. The topological polar surface area (TPSA) is 34.1 Å². The second-order valence-corrected chi connectivity index (χ2v) is 4.87. The van der Waals surface area contributed by atoms with E-state index in [2.05, 4.69) is 10.3 Å². The van der Waals surface area contributed by atoms with Gasteiger partial charge < -0.3 is 10.1 Å². The standard InChI is InChI=1S/C14H14Cl2N2O/c1-8-12(15)14(13(16)9(2)17-8)18-10-6-4-5-7-11(10)19-3/h4-7H,1-3H3,(H,17,18). The molecule has 0 spiro atoms. The minimum absolute atomic E-state index is 0.515. The van der Waals surface area contributed by atoms with Crippen molar-refractivity contribution in [3.05, 3.63) is 45.7 Å². The van der Waals surface area contributed by atoms with Crippen LogP contribution in [0.25, 0.3) is 0 Å². The second-order valence-electron chi connectivity index (χ2n) is 4.11. The van der Waals surface area contributed by atoms with Gasteiger partial charge in [-0.15, -0.1) is 0 Å². The highest BCUT2D eigenvalue weighted by Gasteiger charge is 2.14. The summed E-state index contributed by atoms with van der Waals surface area (Å²) in [7, 11) is 1.62. The van der Waals surface area contributed by atoms with Gasteiger partial charge in [-0.05, 0) is 26.0 Å². The van der Waals surface area contributed by atoms with Gasteiger partial charge in [0.25, 0.3) is 0 Å². The number of pyridine rings is 1. The van der Waals surface area contributed by atoms with E-state index in [-0.39, 0.29) is 0 Å². The van der Waals surface area contributed by atoms with Crippen molar-refractivity contribution in [2.75, 3.05) is 12.4 Å².